The van der Waals surface area contributed by atoms with Crippen molar-refractivity contribution >= 4 is 33.2 Å². The van der Waals surface area contributed by atoms with Crippen LogP contribution in [0.1, 0.15) is 12.5 Å². The van der Waals surface area contributed by atoms with E-state index in [0.29, 0.717) is 16.5 Å². The van der Waals surface area contributed by atoms with Crippen molar-refractivity contribution in [3.05, 3.63) is 53.1 Å². The van der Waals surface area contributed by atoms with E-state index in [0.717, 1.165) is 16.1 Å². The fraction of sp³-hybridized carbons (Fsp3) is 0.350. The average Bonchev–Trinajstić information content (AvgIpc) is 2.64. The highest BCUT2D eigenvalue weighted by molar-refractivity contribution is 7.92. The van der Waals surface area contributed by atoms with Crippen LogP contribution in [-0.4, -0.2) is 46.9 Å². The molecule has 1 N–H and O–H groups in total. The van der Waals surface area contributed by atoms with Gasteiger partial charge in [0.1, 0.15) is 24.7 Å². The van der Waals surface area contributed by atoms with Gasteiger partial charge in [0.15, 0.2) is 0 Å². The summed E-state index contributed by atoms with van der Waals surface area (Å²) in [5, 5.41) is 3.07. The quantitative estimate of drug-likeness (QED) is 0.647. The number of benzene rings is 2. The van der Waals surface area contributed by atoms with Gasteiger partial charge in [-0.2, -0.15) is 0 Å². The summed E-state index contributed by atoms with van der Waals surface area (Å²) >= 11 is 6.00. The molecule has 2 aromatic carbocycles. The van der Waals surface area contributed by atoms with Crippen molar-refractivity contribution in [1.82, 2.24) is 5.32 Å². The molecule has 0 spiro atoms. The maximum absolute atomic E-state index is 12.5. The first-order valence-electron chi connectivity index (χ1n) is 8.90. The summed E-state index contributed by atoms with van der Waals surface area (Å²) in [7, 11) is -2.34. The van der Waals surface area contributed by atoms with Crippen molar-refractivity contribution in [3.63, 3.8) is 0 Å². The first-order chi connectivity index (χ1) is 13.6. The molecule has 0 saturated heterocycles. The predicted molar refractivity (Wildman–Crippen MR) is 114 cm³/mol. The van der Waals surface area contributed by atoms with E-state index in [4.69, 9.17) is 21.1 Å². The van der Waals surface area contributed by atoms with Gasteiger partial charge in [-0.1, -0.05) is 29.3 Å². The predicted octanol–water partition coefficient (Wildman–Crippen LogP) is 3.01. The number of methoxy groups -OCH3 is 1. The Morgan fingerprint density at radius 2 is 1.86 bits per heavy atom. The Balaban J connectivity index is 2.05. The highest BCUT2D eigenvalue weighted by Gasteiger charge is 2.25. The van der Waals surface area contributed by atoms with Crippen LogP contribution in [0.5, 0.6) is 11.5 Å². The second kappa shape index (κ2) is 9.84. The molecule has 158 valence electrons. The van der Waals surface area contributed by atoms with Crippen molar-refractivity contribution in [2.45, 2.75) is 19.9 Å². The lowest BCUT2D eigenvalue weighted by Crippen LogP contribution is -2.45. The Labute approximate surface area is 176 Å². The number of hydrogen-bond donors (Lipinski definition) is 1. The van der Waals surface area contributed by atoms with Gasteiger partial charge in [0.25, 0.3) is 0 Å². The topological polar surface area (TPSA) is 84.9 Å². The number of ether oxygens (including phenoxy) is 2. The minimum absolute atomic E-state index is 0.196. The molecule has 29 heavy (non-hydrogen) atoms. The van der Waals surface area contributed by atoms with Crippen molar-refractivity contribution in [1.29, 1.82) is 0 Å². The smallest absolute Gasteiger partial charge is 0.241 e. The highest BCUT2D eigenvalue weighted by atomic mass is 35.5. The number of carbonyl (C=O) groups excluding carboxylic acids is 1. The number of rotatable bonds is 9. The van der Waals surface area contributed by atoms with Gasteiger partial charge in [-0.25, -0.2) is 8.42 Å². The van der Waals surface area contributed by atoms with E-state index in [9.17, 15) is 13.2 Å². The minimum atomic E-state index is -3.75. The van der Waals surface area contributed by atoms with Crippen LogP contribution >= 0.6 is 11.6 Å². The van der Waals surface area contributed by atoms with E-state index < -0.39 is 22.5 Å². The van der Waals surface area contributed by atoms with Crippen molar-refractivity contribution in [3.8, 4) is 11.5 Å². The number of aryl methyl sites for hydroxylation is 1. The zero-order valence-electron chi connectivity index (χ0n) is 16.8. The van der Waals surface area contributed by atoms with E-state index in [1.807, 2.05) is 31.2 Å². The lowest BCUT2D eigenvalue weighted by Gasteiger charge is -2.25. The van der Waals surface area contributed by atoms with E-state index >= 15 is 0 Å². The molecule has 0 aliphatic rings. The lowest BCUT2D eigenvalue weighted by molar-refractivity contribution is -0.120. The lowest BCUT2D eigenvalue weighted by atomic mass is 10.2. The molecule has 0 bridgehead atoms. The summed E-state index contributed by atoms with van der Waals surface area (Å²) in [6, 6.07) is 11.8. The van der Waals surface area contributed by atoms with Gasteiger partial charge in [-0.05, 0) is 44.2 Å². The van der Waals surface area contributed by atoms with Crippen LogP contribution in [0.2, 0.25) is 5.02 Å². The van der Waals surface area contributed by atoms with Crippen LogP contribution in [0.4, 0.5) is 5.69 Å². The molecule has 0 aliphatic heterocycles. The molecule has 1 atom stereocenters. The third-order valence-electron chi connectivity index (χ3n) is 4.03. The standard InChI is InChI=1S/C20H25ClN2O5S/c1-14-5-8-17(9-6-14)28-13-15(2)22-20(24)12-23(29(4,25)26)18-11-16(21)7-10-19(18)27-3/h5-11,15H,12-13H2,1-4H3,(H,22,24). The Kier molecular flexibility index (Phi) is 7.75. The number of nitrogens with one attached hydrogen (secondary N) is 1. The molecule has 0 aromatic heterocycles. The third-order valence-corrected chi connectivity index (χ3v) is 5.39. The number of nitrogens with zero attached hydrogens (tertiary/aromatic N) is 1. The number of amides is 1. The fourth-order valence-electron chi connectivity index (χ4n) is 2.59. The van der Waals surface area contributed by atoms with E-state index in [1.165, 1.54) is 13.2 Å². The van der Waals surface area contributed by atoms with E-state index in [-0.39, 0.29) is 18.3 Å². The van der Waals surface area contributed by atoms with Gasteiger partial charge in [-0.15, -0.1) is 0 Å². The van der Waals surface area contributed by atoms with Gasteiger partial charge < -0.3 is 14.8 Å². The molecule has 7 nitrogen and oxygen atoms in total. The normalized spacial score (nSPS) is 12.2. The highest BCUT2D eigenvalue weighted by Crippen LogP contribution is 2.32. The summed E-state index contributed by atoms with van der Waals surface area (Å²) in [5.41, 5.74) is 1.32. The number of carbonyl (C=O) groups is 1. The summed E-state index contributed by atoms with van der Waals surface area (Å²) in [6.45, 7) is 3.59. The molecule has 2 aromatic rings. The van der Waals surface area contributed by atoms with Crippen molar-refractivity contribution in [2.75, 3.05) is 30.8 Å². The van der Waals surface area contributed by atoms with E-state index in [1.54, 1.807) is 19.1 Å². The van der Waals surface area contributed by atoms with Crippen molar-refractivity contribution in [2.24, 2.45) is 0 Å². The van der Waals surface area contributed by atoms with Crippen molar-refractivity contribution < 1.29 is 22.7 Å². The van der Waals surface area contributed by atoms with Gasteiger partial charge in [0, 0.05) is 5.02 Å². The Hall–Kier alpha value is -2.45. The SMILES string of the molecule is COc1ccc(Cl)cc1N(CC(=O)NC(C)COc1ccc(C)cc1)S(C)(=O)=O. The minimum Gasteiger partial charge on any atom is -0.495 e. The van der Waals surface area contributed by atoms with Crippen LogP contribution in [0.15, 0.2) is 42.5 Å². The van der Waals surface area contributed by atoms with Crippen LogP contribution in [0.25, 0.3) is 0 Å². The molecule has 0 heterocycles. The largest absolute Gasteiger partial charge is 0.495 e. The molecular formula is C20H25ClN2O5S. The van der Waals surface area contributed by atoms with Gasteiger partial charge >= 0.3 is 0 Å². The maximum atomic E-state index is 12.5. The molecule has 1 unspecified atom stereocenters. The molecule has 0 saturated carbocycles. The number of anilines is 1. The Bertz CT molecular complexity index is 948. The van der Waals surface area contributed by atoms with Crippen LogP contribution in [0.3, 0.4) is 0 Å². The van der Waals surface area contributed by atoms with Crippen LogP contribution in [0, 0.1) is 6.92 Å². The third kappa shape index (κ3) is 6.83. The first-order valence-corrected chi connectivity index (χ1v) is 11.1. The number of halogens is 1. The maximum Gasteiger partial charge on any atom is 0.241 e. The molecular weight excluding hydrogens is 416 g/mol. The monoisotopic (exact) mass is 440 g/mol. The second-order valence-corrected chi connectivity index (χ2v) is 9.02. The molecule has 0 radical (unpaired) electrons. The van der Waals surface area contributed by atoms with Crippen LogP contribution in [-0.2, 0) is 14.8 Å². The number of sulfonamides is 1. The number of hydrogen-bond acceptors (Lipinski definition) is 5. The molecule has 0 aliphatic carbocycles. The van der Waals surface area contributed by atoms with Crippen LogP contribution < -0.4 is 19.1 Å². The molecule has 1 amide bonds. The zero-order chi connectivity index (χ0) is 21.6. The Morgan fingerprint density at radius 1 is 1.21 bits per heavy atom. The molecule has 9 heteroatoms. The summed E-state index contributed by atoms with van der Waals surface area (Å²) < 4.78 is 36.4. The summed E-state index contributed by atoms with van der Waals surface area (Å²) in [5.74, 6) is 0.513. The van der Waals surface area contributed by atoms with Gasteiger partial charge in [0.05, 0.1) is 25.1 Å². The van der Waals surface area contributed by atoms with E-state index in [2.05, 4.69) is 5.32 Å². The van der Waals surface area contributed by atoms with Gasteiger partial charge in [-0.3, -0.25) is 9.10 Å². The summed E-state index contributed by atoms with van der Waals surface area (Å²) in [6.07, 6.45) is 1.02. The second-order valence-electron chi connectivity index (χ2n) is 6.68. The first kappa shape index (κ1) is 22.8. The summed E-state index contributed by atoms with van der Waals surface area (Å²) in [4.78, 5) is 12.5. The zero-order valence-corrected chi connectivity index (χ0v) is 18.4. The molecule has 2 rings (SSSR count). The fourth-order valence-corrected chi connectivity index (χ4v) is 3.61. The average molecular weight is 441 g/mol. The molecule has 0 fully saturated rings. The van der Waals surface area contributed by atoms with Gasteiger partial charge in [0.2, 0.25) is 15.9 Å². The Morgan fingerprint density at radius 3 is 2.45 bits per heavy atom.